The first-order valence-corrected chi connectivity index (χ1v) is 10.1. The Morgan fingerprint density at radius 1 is 0.968 bits per heavy atom. The largest absolute Gasteiger partial charge is 0.416 e. The van der Waals surface area contributed by atoms with Crippen LogP contribution in [0.1, 0.15) is 18.2 Å². The van der Waals surface area contributed by atoms with E-state index in [-0.39, 0.29) is 5.56 Å². The van der Waals surface area contributed by atoms with E-state index in [2.05, 4.69) is 4.98 Å². The van der Waals surface area contributed by atoms with E-state index in [4.69, 9.17) is 11.6 Å². The SMILES string of the molecule is CCn1c(=O)c(-c2ccc(C(F)(F)F)cc2)c(-c2cccc(Cl)c2)c2ccc(C)nc21. The topological polar surface area (TPSA) is 34.9 Å². The number of pyridine rings is 2. The second-order valence-corrected chi connectivity index (χ2v) is 7.65. The molecule has 0 aliphatic rings. The molecule has 0 aliphatic heterocycles. The van der Waals surface area contributed by atoms with Crippen LogP contribution in [0.2, 0.25) is 5.02 Å². The molecule has 0 saturated carbocycles. The fraction of sp³-hybridized carbons (Fsp3) is 0.167. The number of aryl methyl sites for hydroxylation is 2. The molecule has 0 unspecified atom stereocenters. The molecule has 0 radical (unpaired) electrons. The lowest BCUT2D eigenvalue weighted by Crippen LogP contribution is -2.23. The highest BCUT2D eigenvalue weighted by Crippen LogP contribution is 2.37. The number of aromatic nitrogens is 2. The molecule has 0 saturated heterocycles. The Morgan fingerprint density at radius 2 is 1.68 bits per heavy atom. The molecule has 0 bridgehead atoms. The van der Waals surface area contributed by atoms with E-state index in [0.29, 0.717) is 39.5 Å². The van der Waals surface area contributed by atoms with Crippen LogP contribution >= 0.6 is 11.6 Å². The highest BCUT2D eigenvalue weighted by Gasteiger charge is 2.30. The molecule has 0 spiro atoms. The summed E-state index contributed by atoms with van der Waals surface area (Å²) in [7, 11) is 0. The van der Waals surface area contributed by atoms with Crippen LogP contribution in [0, 0.1) is 6.92 Å². The van der Waals surface area contributed by atoms with Gasteiger partial charge in [-0.2, -0.15) is 13.2 Å². The van der Waals surface area contributed by atoms with Gasteiger partial charge in [0.05, 0.1) is 11.1 Å². The average Bonchev–Trinajstić information content (AvgIpc) is 2.72. The standard InChI is InChI=1S/C24H18ClF3N2O/c1-3-30-22-19(12-7-14(2)29-22)20(16-5-4-6-18(25)13-16)21(23(30)31)15-8-10-17(11-9-15)24(26,27)28/h4-13H,3H2,1-2H3. The van der Waals surface area contributed by atoms with Gasteiger partial charge in [-0.05, 0) is 61.4 Å². The summed E-state index contributed by atoms with van der Waals surface area (Å²) in [6, 6.07) is 15.4. The quantitative estimate of drug-likeness (QED) is 0.352. The monoisotopic (exact) mass is 442 g/mol. The Kier molecular flexibility index (Phi) is 5.35. The van der Waals surface area contributed by atoms with E-state index in [9.17, 15) is 18.0 Å². The van der Waals surface area contributed by atoms with Crippen molar-refractivity contribution in [2.75, 3.05) is 0 Å². The number of alkyl halides is 3. The predicted molar refractivity (Wildman–Crippen MR) is 117 cm³/mol. The van der Waals surface area contributed by atoms with Crippen molar-refractivity contribution in [3.63, 3.8) is 0 Å². The third-order valence-electron chi connectivity index (χ3n) is 5.18. The molecule has 0 atom stereocenters. The van der Waals surface area contributed by atoms with E-state index >= 15 is 0 Å². The Balaban J connectivity index is 2.13. The molecule has 3 nitrogen and oxygen atoms in total. The Morgan fingerprint density at radius 3 is 2.29 bits per heavy atom. The van der Waals surface area contributed by atoms with Gasteiger partial charge in [0.15, 0.2) is 0 Å². The number of benzene rings is 2. The maximum absolute atomic E-state index is 13.6. The molecule has 2 aromatic heterocycles. The summed E-state index contributed by atoms with van der Waals surface area (Å²) < 4.78 is 40.7. The van der Waals surface area contributed by atoms with Gasteiger partial charge < -0.3 is 0 Å². The highest BCUT2D eigenvalue weighted by atomic mass is 35.5. The van der Waals surface area contributed by atoms with E-state index in [1.165, 1.54) is 12.1 Å². The lowest BCUT2D eigenvalue weighted by molar-refractivity contribution is -0.137. The van der Waals surface area contributed by atoms with Crippen LogP contribution in [0.4, 0.5) is 13.2 Å². The maximum Gasteiger partial charge on any atom is 0.416 e. The van der Waals surface area contributed by atoms with Crippen LogP contribution in [0.15, 0.2) is 65.5 Å². The van der Waals surface area contributed by atoms with Crippen molar-refractivity contribution in [3.05, 3.63) is 87.3 Å². The first-order chi connectivity index (χ1) is 14.7. The van der Waals surface area contributed by atoms with Crippen LogP contribution < -0.4 is 5.56 Å². The van der Waals surface area contributed by atoms with Gasteiger partial charge in [0.25, 0.3) is 5.56 Å². The summed E-state index contributed by atoms with van der Waals surface area (Å²) >= 11 is 6.21. The Bertz CT molecular complexity index is 1340. The molecule has 7 heteroatoms. The lowest BCUT2D eigenvalue weighted by atomic mass is 9.92. The molecule has 2 heterocycles. The summed E-state index contributed by atoms with van der Waals surface area (Å²) in [4.78, 5) is 18.1. The van der Waals surface area contributed by atoms with Gasteiger partial charge in [0.1, 0.15) is 5.65 Å². The Hall–Kier alpha value is -3.12. The second kappa shape index (κ2) is 7.85. The molecular formula is C24H18ClF3N2O. The zero-order chi connectivity index (χ0) is 22.3. The summed E-state index contributed by atoms with van der Waals surface area (Å²) in [6.07, 6.45) is -4.46. The van der Waals surface area contributed by atoms with Gasteiger partial charge in [0, 0.05) is 28.2 Å². The van der Waals surface area contributed by atoms with Crippen molar-refractivity contribution in [3.8, 4) is 22.3 Å². The molecule has 158 valence electrons. The molecule has 0 amide bonds. The lowest BCUT2D eigenvalue weighted by Gasteiger charge is -2.18. The summed E-state index contributed by atoms with van der Waals surface area (Å²) in [6.45, 7) is 4.04. The molecule has 31 heavy (non-hydrogen) atoms. The second-order valence-electron chi connectivity index (χ2n) is 7.21. The van der Waals surface area contributed by atoms with Crippen molar-refractivity contribution < 1.29 is 13.2 Å². The normalized spacial score (nSPS) is 11.8. The minimum atomic E-state index is -4.46. The summed E-state index contributed by atoms with van der Waals surface area (Å²) in [5, 5.41) is 1.22. The summed E-state index contributed by atoms with van der Waals surface area (Å²) in [5.41, 5.74) is 2.20. The minimum Gasteiger partial charge on any atom is -0.292 e. The van der Waals surface area contributed by atoms with Gasteiger partial charge in [-0.3, -0.25) is 9.36 Å². The van der Waals surface area contributed by atoms with Crippen LogP contribution in [0.3, 0.4) is 0 Å². The molecule has 0 aliphatic carbocycles. The van der Waals surface area contributed by atoms with Gasteiger partial charge in [-0.15, -0.1) is 0 Å². The van der Waals surface area contributed by atoms with E-state index < -0.39 is 11.7 Å². The van der Waals surface area contributed by atoms with Gasteiger partial charge in [-0.25, -0.2) is 4.98 Å². The number of hydrogen-bond acceptors (Lipinski definition) is 2. The zero-order valence-electron chi connectivity index (χ0n) is 16.8. The Labute approximate surface area is 181 Å². The van der Waals surface area contributed by atoms with Crippen LogP contribution in [-0.2, 0) is 12.7 Å². The minimum absolute atomic E-state index is 0.316. The first kappa shape index (κ1) is 21.1. The molecule has 2 aromatic carbocycles. The summed E-state index contributed by atoms with van der Waals surface area (Å²) in [5.74, 6) is 0. The van der Waals surface area contributed by atoms with Crippen LogP contribution in [-0.4, -0.2) is 9.55 Å². The van der Waals surface area contributed by atoms with Crippen LogP contribution in [0.5, 0.6) is 0 Å². The smallest absolute Gasteiger partial charge is 0.292 e. The third kappa shape index (κ3) is 3.83. The number of fused-ring (bicyclic) bond motifs is 1. The maximum atomic E-state index is 13.6. The number of nitrogens with zero attached hydrogens (tertiary/aromatic N) is 2. The zero-order valence-corrected chi connectivity index (χ0v) is 17.6. The van der Waals surface area contributed by atoms with Crippen LogP contribution in [0.25, 0.3) is 33.3 Å². The van der Waals surface area contributed by atoms with Crippen molar-refractivity contribution in [2.45, 2.75) is 26.6 Å². The fourth-order valence-corrected chi connectivity index (χ4v) is 3.94. The van der Waals surface area contributed by atoms with Crippen molar-refractivity contribution in [1.82, 2.24) is 9.55 Å². The number of rotatable bonds is 3. The number of hydrogen-bond donors (Lipinski definition) is 0. The predicted octanol–water partition coefficient (Wildman–Crippen LogP) is 6.73. The molecular weight excluding hydrogens is 425 g/mol. The molecule has 4 rings (SSSR count). The van der Waals surface area contributed by atoms with Crippen molar-refractivity contribution in [2.24, 2.45) is 0 Å². The third-order valence-corrected chi connectivity index (χ3v) is 5.41. The first-order valence-electron chi connectivity index (χ1n) is 9.68. The van der Waals surface area contributed by atoms with E-state index in [1.807, 2.05) is 32.0 Å². The van der Waals surface area contributed by atoms with Gasteiger partial charge >= 0.3 is 6.18 Å². The average molecular weight is 443 g/mol. The van der Waals surface area contributed by atoms with E-state index in [0.717, 1.165) is 23.2 Å². The fourth-order valence-electron chi connectivity index (χ4n) is 3.75. The number of halogens is 4. The highest BCUT2D eigenvalue weighted by molar-refractivity contribution is 6.31. The molecule has 4 aromatic rings. The van der Waals surface area contributed by atoms with Gasteiger partial charge in [-0.1, -0.05) is 35.9 Å². The van der Waals surface area contributed by atoms with Crippen molar-refractivity contribution in [1.29, 1.82) is 0 Å². The van der Waals surface area contributed by atoms with E-state index in [1.54, 1.807) is 22.8 Å². The molecule has 0 fully saturated rings. The van der Waals surface area contributed by atoms with Crippen molar-refractivity contribution >= 4 is 22.6 Å². The molecule has 0 N–H and O–H groups in total. The van der Waals surface area contributed by atoms with Gasteiger partial charge in [0.2, 0.25) is 0 Å².